The number of anilines is 3. The largest absolute Gasteiger partial charge is 0.394 e. The number of aromatic amines is 1. The molecule has 0 radical (unpaired) electrons. The fourth-order valence-electron chi connectivity index (χ4n) is 9.94. The van der Waals surface area contributed by atoms with E-state index in [4.69, 9.17) is 76.3 Å². The second kappa shape index (κ2) is 32.2. The molecule has 15 atom stereocenters. The third-order valence-corrected chi connectivity index (χ3v) is 17.2. The third kappa shape index (κ3) is 17.2. The van der Waals surface area contributed by atoms with Crippen molar-refractivity contribution in [2.45, 2.75) is 149 Å². The van der Waals surface area contributed by atoms with Crippen LogP contribution in [0, 0.1) is 26.6 Å². The Morgan fingerprint density at radius 3 is 1.84 bits per heavy atom. The molecule has 504 valence electrons. The van der Waals surface area contributed by atoms with Crippen molar-refractivity contribution in [3.05, 3.63) is 108 Å². The summed E-state index contributed by atoms with van der Waals surface area (Å²) in [6.07, 6.45) is 4.76. The number of nitrogen functional groups attached to an aromatic ring is 3. The van der Waals surface area contributed by atoms with Crippen molar-refractivity contribution in [1.29, 1.82) is 0 Å². The number of aliphatic hydroxyl groups is 8. The van der Waals surface area contributed by atoms with Crippen molar-refractivity contribution in [1.82, 2.24) is 67.7 Å². The molecule has 0 saturated carbocycles. The summed E-state index contributed by atoms with van der Waals surface area (Å²) in [6.45, 7) is 6.92. The zero-order valence-corrected chi connectivity index (χ0v) is 51.6. The number of imidazole rings is 2. The summed E-state index contributed by atoms with van der Waals surface area (Å²) < 4.78 is 65.7. The molecule has 39 heteroatoms. The number of hydrogen-bond donors (Lipinski definition) is 12. The average Bonchev–Trinajstić information content (AvgIpc) is 1.65. The van der Waals surface area contributed by atoms with Gasteiger partial charge < -0.3 is 86.5 Å². The highest BCUT2D eigenvalue weighted by Crippen LogP contribution is 2.36. The van der Waals surface area contributed by atoms with Crippen LogP contribution in [-0.2, 0) is 28.4 Å². The number of aromatic nitrogens is 14. The zero-order valence-electron chi connectivity index (χ0n) is 50.0. The molecule has 13 rings (SSSR count). The smallest absolute Gasteiger partial charge is 0.350 e. The number of thioether (sulfide) groups is 2. The van der Waals surface area contributed by atoms with Gasteiger partial charge in [0.15, 0.2) is 41.6 Å². The predicted octanol–water partition coefficient (Wildman–Crippen LogP) is -1.95. The molecule has 0 amide bonds. The summed E-state index contributed by atoms with van der Waals surface area (Å²) in [6, 6.07) is 1.56. The quantitative estimate of drug-likeness (QED) is 0.0708. The molecule has 0 spiro atoms. The van der Waals surface area contributed by atoms with Crippen molar-refractivity contribution in [2.24, 2.45) is 0 Å². The summed E-state index contributed by atoms with van der Waals surface area (Å²) >= 11 is 2.63. The van der Waals surface area contributed by atoms with Crippen LogP contribution in [0.3, 0.4) is 0 Å². The van der Waals surface area contributed by atoms with E-state index < -0.39 is 83.3 Å². The maximum Gasteiger partial charge on any atom is 0.350 e. The number of hydrogen-bond acceptors (Lipinski definition) is 31. The lowest BCUT2D eigenvalue weighted by Gasteiger charge is -2.15. The highest BCUT2D eigenvalue weighted by atomic mass is 32.2. The minimum Gasteiger partial charge on any atom is -0.394 e. The van der Waals surface area contributed by atoms with E-state index in [1.807, 2.05) is 30.3 Å². The number of rotatable bonds is 10. The summed E-state index contributed by atoms with van der Waals surface area (Å²) in [4.78, 5) is 79.8. The van der Waals surface area contributed by atoms with Gasteiger partial charge in [-0.3, -0.25) is 32.6 Å². The van der Waals surface area contributed by atoms with Crippen LogP contribution >= 0.6 is 23.5 Å². The number of fused-ring (bicyclic) bond motifs is 2. The molecule has 8 unspecified atom stereocenters. The standard InChI is InChI=1S/C11H14N4O2.C10H13FN2O5.C10H13N5O2.C8H10FN3O3S.C8H11N3O3S.C6H12O3/c1-7-10-11(13-5-12-7)15(6-14-10)9-3-2-8(4-16)17-9;1-4-2-13(10(17)12-8(4)16)9-6(11)7(15)5(3-14)18-9;1-5-8-9(14-10(11)13-5)15(4-12-8)6-2-3-7(16)17-6;9-4-1-12(8(14)11-7(4)10)5-3-15-6(2-13)16-5;9-5-1-2-11(8(13)10-5)6-4-14-7(3-12)15-6;1-4-2-5(8)6(3-7)9-4/h5-6,8-9,16H,2-4H2,1H3;2,5-7,9,14-15H,3H2,1H3,(H,12,16,17);4,6-7,16H,2-3H2,1H3,(H2,11,13,14);1,5-6,13H,2-3H2,(H2,10,11,14);1-2,6-7,12H,3-4H2,(H2,9,10,13);4-8H,2-3H2,1H3/t;5-,6+,7-,9-;;;;4-,5-,6+/m.0...1/s1. The minimum absolute atomic E-state index is 0.0572. The van der Waals surface area contributed by atoms with Crippen LogP contribution in [0.5, 0.6) is 0 Å². The first-order chi connectivity index (χ1) is 43.9. The summed E-state index contributed by atoms with van der Waals surface area (Å²) in [5.41, 5.74) is 17.9. The lowest BCUT2D eigenvalue weighted by Crippen LogP contribution is -2.36. The van der Waals surface area contributed by atoms with Crippen LogP contribution in [0.25, 0.3) is 22.3 Å². The van der Waals surface area contributed by atoms with Gasteiger partial charge in [-0.05, 0) is 53.0 Å². The molecule has 0 bridgehead atoms. The van der Waals surface area contributed by atoms with Crippen LogP contribution in [0.1, 0.15) is 85.4 Å². The minimum atomic E-state index is -1.86. The van der Waals surface area contributed by atoms with Gasteiger partial charge in [-0.2, -0.15) is 15.0 Å². The first-order valence-corrected chi connectivity index (χ1v) is 30.5. The fraction of sp³-hybridized carbons (Fsp3) is 0.585. The molecule has 15 N–H and O–H groups in total. The number of H-pyrrole nitrogens is 1. The zero-order chi connectivity index (χ0) is 66.7. The maximum atomic E-state index is 13.8. The Hall–Kier alpha value is -7.06. The Balaban J connectivity index is 0.000000143. The Labute approximate surface area is 528 Å². The third-order valence-electron chi connectivity index (χ3n) is 14.7. The van der Waals surface area contributed by atoms with Crippen LogP contribution < -0.4 is 39.8 Å². The molecule has 35 nitrogen and oxygen atoms in total. The van der Waals surface area contributed by atoms with Gasteiger partial charge in [0.1, 0.15) is 75.6 Å². The monoisotopic (exact) mass is 1340 g/mol. The average molecular weight is 1340 g/mol. The molecule has 6 saturated heterocycles. The lowest BCUT2D eigenvalue weighted by atomic mass is 10.1. The highest BCUT2D eigenvalue weighted by molar-refractivity contribution is 8.00. The van der Waals surface area contributed by atoms with E-state index in [-0.39, 0.29) is 97.3 Å². The number of nitrogens with two attached hydrogens (primary N) is 3. The normalized spacial score (nSPS) is 28.1. The van der Waals surface area contributed by atoms with E-state index in [9.17, 15) is 38.2 Å². The van der Waals surface area contributed by atoms with E-state index in [0.29, 0.717) is 30.6 Å². The number of nitrogens with zero attached hydrogens (tertiary/aromatic N) is 13. The Morgan fingerprint density at radius 2 is 1.28 bits per heavy atom. The number of nitrogens with one attached hydrogen (secondary N) is 1. The van der Waals surface area contributed by atoms with E-state index in [0.717, 1.165) is 63.3 Å². The number of aryl methyl sites for hydroxylation is 3. The lowest BCUT2D eigenvalue weighted by molar-refractivity contribution is -0.111. The van der Waals surface area contributed by atoms with E-state index in [1.54, 1.807) is 29.5 Å². The molecule has 7 aromatic heterocycles. The predicted molar refractivity (Wildman–Crippen MR) is 323 cm³/mol. The topological polar surface area (TPSA) is 507 Å². The molecule has 92 heavy (non-hydrogen) atoms. The van der Waals surface area contributed by atoms with Crippen LogP contribution in [0.2, 0.25) is 0 Å². The molecule has 6 aliphatic heterocycles. The van der Waals surface area contributed by atoms with Gasteiger partial charge >= 0.3 is 17.1 Å². The Bertz CT molecular complexity index is 3830. The molecule has 0 aromatic carbocycles. The van der Waals surface area contributed by atoms with Crippen molar-refractivity contribution >= 4 is 63.4 Å². The van der Waals surface area contributed by atoms with Crippen molar-refractivity contribution in [3.63, 3.8) is 0 Å². The Kier molecular flexibility index (Phi) is 24.8. The molecule has 0 aliphatic carbocycles. The summed E-state index contributed by atoms with van der Waals surface area (Å²) in [5, 5.41) is 71.6. The maximum absolute atomic E-state index is 13.8. The van der Waals surface area contributed by atoms with E-state index in [1.165, 1.54) is 41.3 Å². The van der Waals surface area contributed by atoms with Crippen molar-refractivity contribution in [3.8, 4) is 0 Å². The molecule has 6 fully saturated rings. The van der Waals surface area contributed by atoms with Gasteiger partial charge in [-0.15, -0.1) is 23.5 Å². The van der Waals surface area contributed by atoms with Gasteiger partial charge in [-0.1, -0.05) is 0 Å². The van der Waals surface area contributed by atoms with Crippen molar-refractivity contribution < 1.29 is 78.1 Å². The molecular weight excluding hydrogens is 1260 g/mol. The van der Waals surface area contributed by atoms with Crippen LogP contribution in [0.15, 0.2) is 62.8 Å². The first kappa shape index (κ1) is 70.8. The highest BCUT2D eigenvalue weighted by Gasteiger charge is 2.45. The summed E-state index contributed by atoms with van der Waals surface area (Å²) in [5.74, 6) is -0.731. The fourth-order valence-corrected chi connectivity index (χ4v) is 12.0. The molecular formula is C53H73F2N17O18S2. The first-order valence-electron chi connectivity index (χ1n) is 28.7. The molecule has 13 heterocycles. The van der Waals surface area contributed by atoms with Gasteiger partial charge in [0.05, 0.1) is 88.6 Å². The van der Waals surface area contributed by atoms with Gasteiger partial charge in [-0.25, -0.2) is 48.1 Å². The van der Waals surface area contributed by atoms with Gasteiger partial charge in [0, 0.05) is 37.0 Å². The number of halogens is 2. The number of aliphatic hydroxyl groups excluding tert-OH is 8. The number of ether oxygens (including phenoxy) is 6. The van der Waals surface area contributed by atoms with Crippen LogP contribution in [0.4, 0.5) is 26.4 Å². The van der Waals surface area contributed by atoms with Gasteiger partial charge in [0.25, 0.3) is 5.56 Å². The van der Waals surface area contributed by atoms with Gasteiger partial charge in [0.2, 0.25) is 5.95 Å². The molecule has 6 aliphatic rings. The SMILES string of the molecule is C[C@@H]1C[C@@H](O)[C@H](CO)O1.Cc1cn([C@H]2O[C@@H](CO)[C@H](O)[C@H]2F)c(=O)[nH]c1=O.Cc1nc(N)nc2c1ncn2C1CCC(O)O1.Cc1ncnc2c1ncn2C1CCC(CO)O1.Nc1ccn(C2COC(CO)S2)c(=O)n1.Nc1nc(=O)n(C2COC(CO)S2)cc1F. The van der Waals surface area contributed by atoms with E-state index >= 15 is 0 Å². The van der Waals surface area contributed by atoms with Crippen molar-refractivity contribution in [2.75, 3.05) is 63.4 Å². The van der Waals surface area contributed by atoms with Crippen LogP contribution in [-0.4, -0.2) is 215 Å². The molecule has 7 aromatic rings. The van der Waals surface area contributed by atoms with E-state index in [2.05, 4.69) is 39.9 Å². The second-order valence-electron chi connectivity index (χ2n) is 21.3. The second-order valence-corrected chi connectivity index (χ2v) is 24.0. The number of alkyl halides is 1. The summed E-state index contributed by atoms with van der Waals surface area (Å²) in [7, 11) is 0. The Morgan fingerprint density at radius 1 is 0.663 bits per heavy atom.